The Hall–Kier alpha value is -2.21. The molecule has 0 saturated heterocycles. The van der Waals surface area contributed by atoms with Crippen molar-refractivity contribution >= 4 is 5.82 Å². The van der Waals surface area contributed by atoms with E-state index in [4.69, 9.17) is 10.5 Å². The zero-order chi connectivity index (χ0) is 13.8. The lowest BCUT2D eigenvalue weighted by Gasteiger charge is -2.17. The highest BCUT2D eigenvalue weighted by Crippen LogP contribution is 2.24. The van der Waals surface area contributed by atoms with Crippen molar-refractivity contribution in [2.75, 3.05) is 19.9 Å². The van der Waals surface area contributed by atoms with Gasteiger partial charge in [0.25, 0.3) is 0 Å². The number of nitrogens with one attached hydrogen (secondary N) is 1. The number of nitrogens with two attached hydrogens (primary N) is 1. The van der Waals surface area contributed by atoms with Gasteiger partial charge in [-0.2, -0.15) is 0 Å². The predicted molar refractivity (Wildman–Crippen MR) is 72.9 cm³/mol. The predicted octanol–water partition coefficient (Wildman–Crippen LogP) is 1.08. The average molecular weight is 259 g/mol. The second-order valence-electron chi connectivity index (χ2n) is 4.21. The third kappa shape index (κ3) is 2.79. The molecule has 0 aliphatic carbocycles. The summed E-state index contributed by atoms with van der Waals surface area (Å²) in [7, 11) is 3.40. The highest BCUT2D eigenvalue weighted by atomic mass is 16.5. The quantitative estimate of drug-likeness (QED) is 0.854. The number of aryl methyl sites for hydroxylation is 1. The first kappa shape index (κ1) is 13.2. The number of ether oxygens (including phenoxy) is 1. The third-order valence-corrected chi connectivity index (χ3v) is 2.85. The topological polar surface area (TPSA) is 86.0 Å². The molecule has 0 radical (unpaired) electrons. The Kier molecular flexibility index (Phi) is 3.91. The highest BCUT2D eigenvalue weighted by Gasteiger charge is 2.17. The Labute approximate surface area is 112 Å². The van der Waals surface area contributed by atoms with Crippen LogP contribution in [0.2, 0.25) is 0 Å². The van der Waals surface area contributed by atoms with Gasteiger partial charge in [0.2, 0.25) is 5.88 Å². The minimum absolute atomic E-state index is 0.147. The van der Waals surface area contributed by atoms with Gasteiger partial charge in [-0.25, -0.2) is 4.98 Å². The minimum atomic E-state index is -0.147. The summed E-state index contributed by atoms with van der Waals surface area (Å²) < 4.78 is 5.00. The number of nitrogens with zero attached hydrogens (tertiary/aromatic N) is 3. The molecule has 0 spiro atoms. The van der Waals surface area contributed by atoms with E-state index in [9.17, 15) is 0 Å². The molecule has 0 fully saturated rings. The fourth-order valence-electron chi connectivity index (χ4n) is 1.89. The molecule has 0 aromatic carbocycles. The van der Waals surface area contributed by atoms with Crippen molar-refractivity contribution in [2.45, 2.75) is 13.0 Å². The van der Waals surface area contributed by atoms with E-state index in [-0.39, 0.29) is 6.04 Å². The van der Waals surface area contributed by atoms with Crippen LogP contribution in [0.4, 0.5) is 5.82 Å². The average Bonchev–Trinajstić information content (AvgIpc) is 2.44. The van der Waals surface area contributed by atoms with Gasteiger partial charge in [-0.15, -0.1) is 10.2 Å². The Bertz CT molecular complexity index is 555. The Morgan fingerprint density at radius 2 is 2.11 bits per heavy atom. The molecular formula is C13H17N5O. The van der Waals surface area contributed by atoms with Crippen molar-refractivity contribution in [2.24, 2.45) is 0 Å². The summed E-state index contributed by atoms with van der Waals surface area (Å²) in [6.07, 6.45) is 1.74. The zero-order valence-corrected chi connectivity index (χ0v) is 11.2. The second kappa shape index (κ2) is 5.62. The molecule has 2 aromatic rings. The van der Waals surface area contributed by atoms with E-state index < -0.39 is 0 Å². The van der Waals surface area contributed by atoms with Crippen LogP contribution in [0.3, 0.4) is 0 Å². The number of pyridine rings is 1. The van der Waals surface area contributed by atoms with Gasteiger partial charge in [0, 0.05) is 17.8 Å². The fourth-order valence-corrected chi connectivity index (χ4v) is 1.89. The van der Waals surface area contributed by atoms with Crippen LogP contribution in [0, 0.1) is 6.92 Å². The van der Waals surface area contributed by atoms with Crippen molar-refractivity contribution < 1.29 is 4.74 Å². The first-order valence-electron chi connectivity index (χ1n) is 5.92. The molecule has 0 aliphatic rings. The first-order chi connectivity index (χ1) is 9.15. The Balaban J connectivity index is 2.40. The summed E-state index contributed by atoms with van der Waals surface area (Å²) >= 11 is 0. The van der Waals surface area contributed by atoms with Crippen LogP contribution in [-0.2, 0) is 0 Å². The van der Waals surface area contributed by atoms with E-state index in [1.54, 1.807) is 19.4 Å². The molecule has 100 valence electrons. The molecular weight excluding hydrogens is 242 g/mol. The van der Waals surface area contributed by atoms with E-state index in [2.05, 4.69) is 20.5 Å². The van der Waals surface area contributed by atoms with Crippen molar-refractivity contribution in [1.29, 1.82) is 0 Å². The van der Waals surface area contributed by atoms with Gasteiger partial charge in [-0.05, 0) is 31.7 Å². The normalized spacial score (nSPS) is 12.2. The van der Waals surface area contributed by atoms with Crippen molar-refractivity contribution in [3.63, 3.8) is 0 Å². The number of aromatic nitrogens is 3. The number of nitrogen functional groups attached to an aromatic ring is 1. The van der Waals surface area contributed by atoms with Crippen molar-refractivity contribution in [1.82, 2.24) is 20.5 Å². The van der Waals surface area contributed by atoms with Gasteiger partial charge in [-0.1, -0.05) is 0 Å². The third-order valence-electron chi connectivity index (χ3n) is 2.85. The minimum Gasteiger partial charge on any atom is -0.480 e. The van der Waals surface area contributed by atoms with Crippen LogP contribution in [0.5, 0.6) is 5.88 Å². The molecule has 0 aliphatic heterocycles. The standard InChI is InChI=1S/C13H17N5O/c1-8-6-9(13(14)16-7-8)12(15-2)10-4-5-11(19-3)18-17-10/h4-7,12,15H,1-3H3,(H2,14,16). The number of hydrogen-bond acceptors (Lipinski definition) is 6. The molecule has 0 amide bonds. The van der Waals surface area contributed by atoms with E-state index in [1.165, 1.54) is 0 Å². The summed E-state index contributed by atoms with van der Waals surface area (Å²) in [5.74, 6) is 0.969. The lowest BCUT2D eigenvalue weighted by Crippen LogP contribution is -2.21. The van der Waals surface area contributed by atoms with Crippen LogP contribution >= 0.6 is 0 Å². The maximum absolute atomic E-state index is 5.94. The van der Waals surface area contributed by atoms with Crippen molar-refractivity contribution in [3.05, 3.63) is 41.2 Å². The van der Waals surface area contributed by atoms with Gasteiger partial charge in [-0.3, -0.25) is 0 Å². The number of rotatable bonds is 4. The van der Waals surface area contributed by atoms with E-state index >= 15 is 0 Å². The monoisotopic (exact) mass is 259 g/mol. The molecule has 3 N–H and O–H groups in total. The van der Waals surface area contributed by atoms with Crippen LogP contribution in [0.15, 0.2) is 24.4 Å². The lowest BCUT2D eigenvalue weighted by atomic mass is 10.0. The van der Waals surface area contributed by atoms with Crippen LogP contribution in [0.1, 0.15) is 22.9 Å². The van der Waals surface area contributed by atoms with Crippen LogP contribution < -0.4 is 15.8 Å². The second-order valence-corrected chi connectivity index (χ2v) is 4.21. The summed E-state index contributed by atoms with van der Waals surface area (Å²) in [4.78, 5) is 4.17. The van der Waals surface area contributed by atoms with Gasteiger partial charge in [0.05, 0.1) is 18.8 Å². The van der Waals surface area contributed by atoms with Gasteiger partial charge in [0.15, 0.2) is 0 Å². The number of methoxy groups -OCH3 is 1. The molecule has 0 bridgehead atoms. The van der Waals surface area contributed by atoms with Gasteiger partial charge >= 0.3 is 0 Å². The zero-order valence-electron chi connectivity index (χ0n) is 11.2. The Morgan fingerprint density at radius 1 is 1.32 bits per heavy atom. The van der Waals surface area contributed by atoms with Crippen LogP contribution in [0.25, 0.3) is 0 Å². The SMILES string of the molecule is CNC(c1ccc(OC)nn1)c1cc(C)cnc1N. The maximum Gasteiger partial charge on any atom is 0.233 e. The van der Waals surface area contributed by atoms with E-state index in [0.717, 1.165) is 16.8 Å². The summed E-state index contributed by atoms with van der Waals surface area (Å²) in [6, 6.07) is 5.47. The number of anilines is 1. The summed E-state index contributed by atoms with van der Waals surface area (Å²) in [5.41, 5.74) is 8.64. The van der Waals surface area contributed by atoms with E-state index in [0.29, 0.717) is 11.7 Å². The molecule has 6 heteroatoms. The smallest absolute Gasteiger partial charge is 0.233 e. The largest absolute Gasteiger partial charge is 0.480 e. The maximum atomic E-state index is 5.94. The molecule has 1 atom stereocenters. The molecule has 19 heavy (non-hydrogen) atoms. The molecule has 0 saturated carbocycles. The Morgan fingerprint density at radius 3 is 2.68 bits per heavy atom. The highest BCUT2D eigenvalue weighted by molar-refractivity contribution is 5.45. The first-order valence-corrected chi connectivity index (χ1v) is 5.92. The van der Waals surface area contributed by atoms with E-state index in [1.807, 2.05) is 26.1 Å². The van der Waals surface area contributed by atoms with Crippen LogP contribution in [-0.4, -0.2) is 29.3 Å². The van der Waals surface area contributed by atoms with Gasteiger partial charge in [0.1, 0.15) is 5.82 Å². The molecule has 2 rings (SSSR count). The molecule has 6 nitrogen and oxygen atoms in total. The lowest BCUT2D eigenvalue weighted by molar-refractivity contribution is 0.390. The molecule has 2 heterocycles. The fraction of sp³-hybridized carbons (Fsp3) is 0.308. The van der Waals surface area contributed by atoms with Crippen molar-refractivity contribution in [3.8, 4) is 5.88 Å². The summed E-state index contributed by atoms with van der Waals surface area (Å²) in [5, 5.41) is 11.3. The summed E-state index contributed by atoms with van der Waals surface area (Å²) in [6.45, 7) is 1.97. The van der Waals surface area contributed by atoms with Gasteiger partial charge < -0.3 is 15.8 Å². The molecule has 1 unspecified atom stereocenters. The number of hydrogen-bond donors (Lipinski definition) is 2. The molecule has 2 aromatic heterocycles.